The Morgan fingerprint density at radius 1 is 1.40 bits per heavy atom. The third kappa shape index (κ3) is 3.13. The van der Waals surface area contributed by atoms with Gasteiger partial charge in [-0.2, -0.15) is 0 Å². The first kappa shape index (κ1) is 11.8. The summed E-state index contributed by atoms with van der Waals surface area (Å²) in [4.78, 5) is 8.00. The van der Waals surface area contributed by atoms with Gasteiger partial charge in [-0.05, 0) is 13.3 Å². The number of halogens is 1. The molecule has 0 saturated heterocycles. The van der Waals surface area contributed by atoms with Gasteiger partial charge in [0.2, 0.25) is 0 Å². The van der Waals surface area contributed by atoms with Gasteiger partial charge in [0.1, 0.15) is 6.61 Å². The number of nitrogens with one attached hydrogen (secondary N) is 1. The monoisotopic (exact) mass is 213 g/mol. The Labute approximate surface area is 88.9 Å². The molecule has 1 N–H and O–H groups in total. The fourth-order valence-corrected chi connectivity index (χ4v) is 1.16. The Balaban J connectivity index is 2.77. The highest BCUT2D eigenvalue weighted by Crippen LogP contribution is 2.13. The van der Waals surface area contributed by atoms with E-state index in [9.17, 15) is 4.39 Å². The normalized spacial score (nSPS) is 10.4. The fourth-order valence-electron chi connectivity index (χ4n) is 1.16. The van der Waals surface area contributed by atoms with Crippen LogP contribution < -0.4 is 5.32 Å². The lowest BCUT2D eigenvalue weighted by Crippen LogP contribution is -2.07. The van der Waals surface area contributed by atoms with Gasteiger partial charge in [-0.1, -0.05) is 6.92 Å². The van der Waals surface area contributed by atoms with Gasteiger partial charge in [0.05, 0.1) is 5.69 Å². The molecule has 0 aliphatic carbocycles. The Morgan fingerprint density at radius 3 is 2.73 bits per heavy atom. The molecule has 0 saturated carbocycles. The number of hydrogen-bond donors (Lipinski definition) is 1. The molecule has 1 aromatic rings. The van der Waals surface area contributed by atoms with Gasteiger partial charge in [0, 0.05) is 13.7 Å². The lowest BCUT2D eigenvalue weighted by atomic mass is 10.4. The molecule has 4 nitrogen and oxygen atoms in total. The average Bonchev–Trinajstić information content (AvgIpc) is 2.23. The Bertz CT molecular complexity index is 331. The number of rotatable bonds is 5. The molecule has 0 aliphatic rings. The maximum atomic E-state index is 13.3. The van der Waals surface area contributed by atoms with E-state index in [1.807, 2.05) is 6.92 Å². The van der Waals surface area contributed by atoms with Crippen molar-refractivity contribution in [3.8, 4) is 0 Å². The fraction of sp³-hybridized carbons (Fsp3) is 0.600. The van der Waals surface area contributed by atoms with Crippen LogP contribution in [-0.2, 0) is 11.3 Å². The van der Waals surface area contributed by atoms with Crippen LogP contribution in [0.5, 0.6) is 0 Å². The maximum Gasteiger partial charge on any atom is 0.186 e. The SMILES string of the molecule is CCCOCc1nc(C)c(F)c(NC)n1. The highest BCUT2D eigenvalue weighted by Gasteiger charge is 2.09. The molecule has 1 heterocycles. The van der Waals surface area contributed by atoms with Gasteiger partial charge in [-0.25, -0.2) is 14.4 Å². The first-order chi connectivity index (χ1) is 7.19. The summed E-state index contributed by atoms with van der Waals surface area (Å²) in [7, 11) is 1.63. The summed E-state index contributed by atoms with van der Waals surface area (Å²) in [6.45, 7) is 4.62. The topological polar surface area (TPSA) is 47.0 Å². The quantitative estimate of drug-likeness (QED) is 0.759. The van der Waals surface area contributed by atoms with E-state index in [0.717, 1.165) is 6.42 Å². The first-order valence-electron chi connectivity index (χ1n) is 4.97. The second-order valence-electron chi connectivity index (χ2n) is 3.19. The molecule has 0 aromatic carbocycles. The second kappa shape index (κ2) is 5.60. The van der Waals surface area contributed by atoms with Crippen LogP contribution in [0.3, 0.4) is 0 Å². The summed E-state index contributed by atoms with van der Waals surface area (Å²) in [5, 5.41) is 2.69. The van der Waals surface area contributed by atoms with Crippen molar-refractivity contribution < 1.29 is 9.13 Å². The van der Waals surface area contributed by atoms with Crippen LogP contribution in [0.15, 0.2) is 0 Å². The molecule has 0 radical (unpaired) electrons. The molecule has 0 amide bonds. The van der Waals surface area contributed by atoms with Gasteiger partial charge in [-0.15, -0.1) is 0 Å². The summed E-state index contributed by atoms with van der Waals surface area (Å²) in [5.74, 6) is 0.320. The van der Waals surface area contributed by atoms with Gasteiger partial charge >= 0.3 is 0 Å². The van der Waals surface area contributed by atoms with Crippen molar-refractivity contribution in [2.45, 2.75) is 26.9 Å². The zero-order valence-electron chi connectivity index (χ0n) is 9.30. The number of aromatic nitrogens is 2. The summed E-state index contributed by atoms with van der Waals surface area (Å²) < 4.78 is 18.6. The van der Waals surface area contributed by atoms with Crippen LogP contribution in [0.2, 0.25) is 0 Å². The van der Waals surface area contributed by atoms with Gasteiger partial charge < -0.3 is 10.1 Å². The minimum Gasteiger partial charge on any atom is -0.373 e. The minimum atomic E-state index is -0.406. The molecule has 1 rings (SSSR count). The van der Waals surface area contributed by atoms with Crippen LogP contribution in [0.1, 0.15) is 24.9 Å². The smallest absolute Gasteiger partial charge is 0.186 e. The van der Waals surface area contributed by atoms with Crippen molar-refractivity contribution in [3.05, 3.63) is 17.3 Å². The highest BCUT2D eigenvalue weighted by molar-refractivity contribution is 5.37. The predicted octanol–water partition coefficient (Wildman–Crippen LogP) is 1.89. The van der Waals surface area contributed by atoms with Crippen LogP contribution in [-0.4, -0.2) is 23.6 Å². The van der Waals surface area contributed by atoms with E-state index in [1.165, 1.54) is 0 Å². The summed E-state index contributed by atoms with van der Waals surface area (Å²) in [5.41, 5.74) is 0.337. The van der Waals surface area contributed by atoms with E-state index in [2.05, 4.69) is 15.3 Å². The van der Waals surface area contributed by atoms with Gasteiger partial charge in [0.15, 0.2) is 17.5 Å². The number of aryl methyl sites for hydroxylation is 1. The molecular weight excluding hydrogens is 197 g/mol. The molecule has 0 fully saturated rings. The van der Waals surface area contributed by atoms with Crippen molar-refractivity contribution in [1.82, 2.24) is 9.97 Å². The largest absolute Gasteiger partial charge is 0.373 e. The van der Waals surface area contributed by atoms with Crippen LogP contribution in [0.25, 0.3) is 0 Å². The van der Waals surface area contributed by atoms with Crippen molar-refractivity contribution >= 4 is 5.82 Å². The predicted molar refractivity (Wildman–Crippen MR) is 56.2 cm³/mol. The Hall–Kier alpha value is -1.23. The van der Waals surface area contributed by atoms with E-state index in [1.54, 1.807) is 14.0 Å². The molecule has 5 heteroatoms. The van der Waals surface area contributed by atoms with E-state index < -0.39 is 5.82 Å². The molecule has 0 aliphatic heterocycles. The van der Waals surface area contributed by atoms with Crippen molar-refractivity contribution in [2.24, 2.45) is 0 Å². The summed E-state index contributed by atoms with van der Waals surface area (Å²) in [6.07, 6.45) is 0.944. The zero-order chi connectivity index (χ0) is 11.3. The zero-order valence-corrected chi connectivity index (χ0v) is 9.30. The Morgan fingerprint density at radius 2 is 2.13 bits per heavy atom. The average molecular weight is 213 g/mol. The van der Waals surface area contributed by atoms with Crippen LogP contribution in [0, 0.1) is 12.7 Å². The van der Waals surface area contributed by atoms with Gasteiger partial charge in [0.25, 0.3) is 0 Å². The molecule has 0 bridgehead atoms. The maximum absolute atomic E-state index is 13.3. The lowest BCUT2D eigenvalue weighted by Gasteiger charge is -2.07. The number of anilines is 1. The third-order valence-corrected chi connectivity index (χ3v) is 1.88. The van der Waals surface area contributed by atoms with E-state index in [4.69, 9.17) is 4.74 Å². The molecule has 15 heavy (non-hydrogen) atoms. The van der Waals surface area contributed by atoms with Crippen LogP contribution >= 0.6 is 0 Å². The minimum absolute atomic E-state index is 0.220. The van der Waals surface area contributed by atoms with Gasteiger partial charge in [-0.3, -0.25) is 0 Å². The van der Waals surface area contributed by atoms with Crippen molar-refractivity contribution in [2.75, 3.05) is 19.0 Å². The number of nitrogens with zero attached hydrogens (tertiary/aromatic N) is 2. The van der Waals surface area contributed by atoms with E-state index >= 15 is 0 Å². The van der Waals surface area contributed by atoms with E-state index in [0.29, 0.717) is 24.7 Å². The lowest BCUT2D eigenvalue weighted by molar-refractivity contribution is 0.116. The molecule has 0 spiro atoms. The van der Waals surface area contributed by atoms with E-state index in [-0.39, 0.29) is 5.82 Å². The second-order valence-corrected chi connectivity index (χ2v) is 3.19. The number of hydrogen-bond acceptors (Lipinski definition) is 4. The molecule has 0 atom stereocenters. The molecule has 1 aromatic heterocycles. The molecular formula is C10H16FN3O. The third-order valence-electron chi connectivity index (χ3n) is 1.88. The van der Waals surface area contributed by atoms with Crippen molar-refractivity contribution in [1.29, 1.82) is 0 Å². The molecule has 84 valence electrons. The highest BCUT2D eigenvalue weighted by atomic mass is 19.1. The summed E-state index contributed by atoms with van der Waals surface area (Å²) in [6, 6.07) is 0. The summed E-state index contributed by atoms with van der Waals surface area (Å²) >= 11 is 0. The standard InChI is InChI=1S/C10H16FN3O/c1-4-5-15-6-8-13-7(2)9(11)10(12-3)14-8/h4-6H2,1-3H3,(H,12,13,14). The van der Waals surface area contributed by atoms with Crippen LogP contribution in [0.4, 0.5) is 10.2 Å². The first-order valence-corrected chi connectivity index (χ1v) is 4.97. The molecule has 0 unspecified atom stereocenters. The Kier molecular flexibility index (Phi) is 4.42. The van der Waals surface area contributed by atoms with Crippen molar-refractivity contribution in [3.63, 3.8) is 0 Å². The number of ether oxygens (including phenoxy) is 1.